The molecule has 0 saturated carbocycles. The van der Waals surface area contributed by atoms with Crippen molar-refractivity contribution in [2.24, 2.45) is 0 Å². The summed E-state index contributed by atoms with van der Waals surface area (Å²) in [5, 5.41) is 0. The molecule has 2 aromatic carbocycles. The average molecular weight is 431 g/mol. The van der Waals surface area contributed by atoms with Gasteiger partial charge < -0.3 is 19.4 Å². The van der Waals surface area contributed by atoms with Crippen molar-refractivity contribution >= 4 is 11.4 Å². The first kappa shape index (κ1) is 21.8. The minimum absolute atomic E-state index is 0.453. The van der Waals surface area contributed by atoms with E-state index in [9.17, 15) is 8.78 Å². The quantitative estimate of drug-likeness (QED) is 0.701. The molecular formula is C24H32F2N4O. The minimum atomic E-state index is -0.766. The smallest absolute Gasteiger partial charge is 0.162 e. The summed E-state index contributed by atoms with van der Waals surface area (Å²) >= 11 is 0. The van der Waals surface area contributed by atoms with E-state index < -0.39 is 11.6 Å². The zero-order valence-electron chi connectivity index (χ0n) is 18.5. The van der Waals surface area contributed by atoms with E-state index in [2.05, 4.69) is 44.8 Å². The number of ether oxygens (including phenoxy) is 1. The van der Waals surface area contributed by atoms with Crippen molar-refractivity contribution in [3.05, 3.63) is 53.6 Å². The van der Waals surface area contributed by atoms with E-state index in [0.29, 0.717) is 12.0 Å². The fraction of sp³-hybridized carbons (Fsp3) is 0.500. The maximum atomic E-state index is 13.9. The Balaban J connectivity index is 1.36. The molecule has 0 aromatic heterocycles. The highest BCUT2D eigenvalue weighted by Gasteiger charge is 2.22. The summed E-state index contributed by atoms with van der Waals surface area (Å²) in [5.41, 5.74) is 2.83. The zero-order chi connectivity index (χ0) is 21.8. The van der Waals surface area contributed by atoms with Crippen LogP contribution < -0.4 is 14.5 Å². The molecule has 2 aliphatic rings. The molecule has 0 spiro atoms. The van der Waals surface area contributed by atoms with Gasteiger partial charge in [-0.25, -0.2) is 8.78 Å². The van der Waals surface area contributed by atoms with E-state index in [1.54, 1.807) is 19.2 Å². The van der Waals surface area contributed by atoms with Gasteiger partial charge in [0.05, 0.1) is 12.8 Å². The van der Waals surface area contributed by atoms with Gasteiger partial charge in [0.25, 0.3) is 0 Å². The van der Waals surface area contributed by atoms with Gasteiger partial charge >= 0.3 is 0 Å². The van der Waals surface area contributed by atoms with E-state index in [0.717, 1.165) is 70.3 Å². The number of anilines is 2. The summed E-state index contributed by atoms with van der Waals surface area (Å²) in [5.74, 6) is -0.558. The Morgan fingerprint density at radius 1 is 0.871 bits per heavy atom. The fourth-order valence-corrected chi connectivity index (χ4v) is 4.42. The predicted octanol–water partition coefficient (Wildman–Crippen LogP) is 3.09. The first-order chi connectivity index (χ1) is 15.0. The van der Waals surface area contributed by atoms with Crippen molar-refractivity contribution in [1.29, 1.82) is 0 Å². The number of nitrogens with zero attached hydrogens (tertiary/aromatic N) is 4. The van der Waals surface area contributed by atoms with Gasteiger partial charge in [-0.2, -0.15) is 0 Å². The van der Waals surface area contributed by atoms with Crippen molar-refractivity contribution in [3.63, 3.8) is 0 Å². The van der Waals surface area contributed by atoms with Gasteiger partial charge in [0.2, 0.25) is 0 Å². The number of piperazine rings is 2. The van der Waals surface area contributed by atoms with Crippen LogP contribution >= 0.6 is 0 Å². The Kier molecular flexibility index (Phi) is 6.92. The van der Waals surface area contributed by atoms with E-state index in [1.807, 2.05) is 0 Å². The van der Waals surface area contributed by atoms with E-state index in [-0.39, 0.29) is 0 Å². The lowest BCUT2D eigenvalue weighted by Gasteiger charge is -2.38. The number of methoxy groups -OCH3 is 1. The highest BCUT2D eigenvalue weighted by atomic mass is 19.2. The van der Waals surface area contributed by atoms with Crippen LogP contribution in [0.25, 0.3) is 0 Å². The summed E-state index contributed by atoms with van der Waals surface area (Å²) < 4.78 is 32.9. The van der Waals surface area contributed by atoms with Crippen molar-refractivity contribution in [1.82, 2.24) is 9.80 Å². The van der Waals surface area contributed by atoms with Gasteiger partial charge in [-0.1, -0.05) is 12.1 Å². The monoisotopic (exact) mass is 430 g/mol. The van der Waals surface area contributed by atoms with E-state index in [1.165, 1.54) is 11.8 Å². The predicted molar refractivity (Wildman–Crippen MR) is 121 cm³/mol. The molecule has 0 amide bonds. The van der Waals surface area contributed by atoms with Gasteiger partial charge in [-0.3, -0.25) is 4.90 Å². The Hall–Kier alpha value is -2.38. The SMILES string of the molecule is COc1ccc(N2CCN(CCc3cccc(F)c3F)CC2)cc1N1CCN(C)CC1. The molecule has 2 aliphatic heterocycles. The highest BCUT2D eigenvalue weighted by Crippen LogP contribution is 2.33. The first-order valence-electron chi connectivity index (χ1n) is 11.1. The van der Waals surface area contributed by atoms with Gasteiger partial charge in [-0.15, -0.1) is 0 Å². The number of hydrogen-bond acceptors (Lipinski definition) is 5. The molecule has 0 atom stereocenters. The molecule has 168 valence electrons. The Labute approximate surface area is 183 Å². The molecule has 2 aromatic rings. The van der Waals surface area contributed by atoms with Gasteiger partial charge in [0.1, 0.15) is 5.75 Å². The third-order valence-electron chi connectivity index (χ3n) is 6.47. The summed E-state index contributed by atoms with van der Waals surface area (Å²) in [7, 11) is 3.89. The molecule has 31 heavy (non-hydrogen) atoms. The normalized spacial score (nSPS) is 18.5. The highest BCUT2D eigenvalue weighted by molar-refractivity contribution is 5.67. The zero-order valence-corrected chi connectivity index (χ0v) is 18.5. The van der Waals surface area contributed by atoms with Crippen LogP contribution in [-0.2, 0) is 6.42 Å². The third-order valence-corrected chi connectivity index (χ3v) is 6.47. The fourth-order valence-electron chi connectivity index (χ4n) is 4.42. The maximum Gasteiger partial charge on any atom is 0.162 e. The van der Waals surface area contributed by atoms with Crippen LogP contribution in [0, 0.1) is 11.6 Å². The molecule has 2 heterocycles. The number of hydrogen-bond donors (Lipinski definition) is 0. The van der Waals surface area contributed by atoms with Crippen molar-refractivity contribution < 1.29 is 13.5 Å². The van der Waals surface area contributed by atoms with Crippen LogP contribution in [0.2, 0.25) is 0 Å². The standard InChI is InChI=1S/C24H32F2N4O/c1-27-10-14-30(15-11-27)22-18-20(6-7-23(22)31-2)29-16-12-28(13-17-29)9-8-19-4-3-5-21(25)24(19)26/h3-7,18H,8-17H2,1-2H3. The van der Waals surface area contributed by atoms with Crippen LogP contribution in [0.4, 0.5) is 20.2 Å². The molecular weight excluding hydrogens is 398 g/mol. The molecule has 0 radical (unpaired) electrons. The van der Waals surface area contributed by atoms with Gasteiger partial charge in [0, 0.05) is 64.6 Å². The topological polar surface area (TPSA) is 22.2 Å². The molecule has 0 bridgehead atoms. The molecule has 4 rings (SSSR count). The van der Waals surface area contributed by atoms with E-state index >= 15 is 0 Å². The molecule has 7 heteroatoms. The van der Waals surface area contributed by atoms with Crippen LogP contribution in [0.3, 0.4) is 0 Å². The van der Waals surface area contributed by atoms with Crippen molar-refractivity contribution in [3.8, 4) is 5.75 Å². The molecule has 2 saturated heterocycles. The minimum Gasteiger partial charge on any atom is -0.495 e. The largest absolute Gasteiger partial charge is 0.495 e. The van der Waals surface area contributed by atoms with Gasteiger partial charge in [0.15, 0.2) is 11.6 Å². The Bertz CT molecular complexity index is 878. The van der Waals surface area contributed by atoms with Crippen LogP contribution in [-0.4, -0.2) is 82.9 Å². The Morgan fingerprint density at radius 2 is 1.58 bits per heavy atom. The average Bonchev–Trinajstić information content (AvgIpc) is 2.80. The second-order valence-corrected chi connectivity index (χ2v) is 8.44. The third kappa shape index (κ3) is 5.10. The number of rotatable bonds is 6. The lowest BCUT2D eigenvalue weighted by Crippen LogP contribution is -2.47. The Morgan fingerprint density at radius 3 is 2.29 bits per heavy atom. The molecule has 0 unspecified atom stereocenters. The summed E-state index contributed by atoms with van der Waals surface area (Å²) in [6.45, 7) is 8.50. The summed E-state index contributed by atoms with van der Waals surface area (Å²) in [4.78, 5) is 9.48. The van der Waals surface area contributed by atoms with Crippen molar-refractivity contribution in [2.45, 2.75) is 6.42 Å². The van der Waals surface area contributed by atoms with Gasteiger partial charge in [-0.05, 0) is 43.3 Å². The first-order valence-corrected chi connectivity index (χ1v) is 11.1. The van der Waals surface area contributed by atoms with Crippen LogP contribution in [0.5, 0.6) is 5.75 Å². The lowest BCUT2D eigenvalue weighted by molar-refractivity contribution is 0.260. The molecule has 2 fully saturated rings. The number of likely N-dealkylation sites (N-methyl/N-ethyl adjacent to an activating group) is 1. The molecule has 5 nitrogen and oxygen atoms in total. The number of benzene rings is 2. The summed E-state index contributed by atoms with van der Waals surface area (Å²) in [6.07, 6.45) is 0.527. The molecule has 0 aliphatic carbocycles. The second kappa shape index (κ2) is 9.83. The van der Waals surface area contributed by atoms with Crippen molar-refractivity contribution in [2.75, 3.05) is 82.9 Å². The van der Waals surface area contributed by atoms with E-state index in [4.69, 9.17) is 4.74 Å². The number of halogens is 2. The lowest BCUT2D eigenvalue weighted by atomic mass is 10.1. The second-order valence-electron chi connectivity index (χ2n) is 8.44. The van der Waals surface area contributed by atoms with Crippen LogP contribution in [0.15, 0.2) is 36.4 Å². The summed E-state index contributed by atoms with van der Waals surface area (Å²) in [6, 6.07) is 10.9. The molecule has 0 N–H and O–H groups in total. The van der Waals surface area contributed by atoms with Crippen LogP contribution in [0.1, 0.15) is 5.56 Å². The maximum absolute atomic E-state index is 13.9.